The predicted molar refractivity (Wildman–Crippen MR) is 68.2 cm³/mol. The fourth-order valence-electron chi connectivity index (χ4n) is 1.65. The van der Waals surface area contributed by atoms with E-state index in [-0.39, 0.29) is 6.04 Å². The van der Waals surface area contributed by atoms with Gasteiger partial charge in [-0.3, -0.25) is 0 Å². The van der Waals surface area contributed by atoms with Crippen molar-refractivity contribution >= 4 is 15.9 Å². The zero-order chi connectivity index (χ0) is 11.5. The van der Waals surface area contributed by atoms with Crippen molar-refractivity contribution in [3.8, 4) is 0 Å². The van der Waals surface area contributed by atoms with Crippen LogP contribution < -0.4 is 5.73 Å². The molecule has 2 aromatic rings. The monoisotopic (exact) mass is 279 g/mol. The molecule has 1 heterocycles. The van der Waals surface area contributed by atoms with Crippen LogP contribution in [-0.2, 0) is 6.42 Å². The van der Waals surface area contributed by atoms with Gasteiger partial charge in [-0.2, -0.15) is 0 Å². The summed E-state index contributed by atoms with van der Waals surface area (Å²) in [6, 6.07) is 10.2. The minimum Gasteiger partial charge on any atom is -0.469 e. The van der Waals surface area contributed by atoms with Gasteiger partial charge in [-0.15, -0.1) is 0 Å². The molecule has 2 rings (SSSR count). The van der Waals surface area contributed by atoms with Gasteiger partial charge in [0.2, 0.25) is 0 Å². The van der Waals surface area contributed by atoms with E-state index in [1.807, 2.05) is 25.1 Å². The summed E-state index contributed by atoms with van der Waals surface area (Å²) in [5.74, 6) is 0.904. The van der Waals surface area contributed by atoms with E-state index in [2.05, 4.69) is 28.1 Å². The van der Waals surface area contributed by atoms with Gasteiger partial charge in [0.05, 0.1) is 6.26 Å². The molecule has 2 nitrogen and oxygen atoms in total. The molecular weight excluding hydrogens is 266 g/mol. The quantitative estimate of drug-likeness (QED) is 0.933. The summed E-state index contributed by atoms with van der Waals surface area (Å²) in [7, 11) is 0. The predicted octanol–water partition coefficient (Wildman–Crippen LogP) is 3.59. The molecule has 1 unspecified atom stereocenters. The topological polar surface area (TPSA) is 39.2 Å². The summed E-state index contributed by atoms with van der Waals surface area (Å²) >= 11 is 3.41. The van der Waals surface area contributed by atoms with Crippen LogP contribution in [0.2, 0.25) is 0 Å². The summed E-state index contributed by atoms with van der Waals surface area (Å²) in [5.41, 5.74) is 8.39. The Bertz CT molecular complexity index is 461. The molecule has 1 aromatic heterocycles. The molecule has 0 bridgehead atoms. The van der Waals surface area contributed by atoms with Crippen molar-refractivity contribution in [2.45, 2.75) is 19.4 Å². The second-order valence-corrected chi connectivity index (χ2v) is 4.84. The highest BCUT2D eigenvalue weighted by molar-refractivity contribution is 9.10. The second kappa shape index (κ2) is 4.85. The molecule has 0 saturated carbocycles. The van der Waals surface area contributed by atoms with Crippen LogP contribution in [0.4, 0.5) is 0 Å². The summed E-state index contributed by atoms with van der Waals surface area (Å²) in [6.07, 6.45) is 2.56. The third-order valence-corrected chi connectivity index (χ3v) is 3.08. The Hall–Kier alpha value is -1.06. The average Bonchev–Trinajstić information content (AvgIpc) is 2.68. The fourth-order valence-corrected chi connectivity index (χ4v) is 1.91. The Labute approximate surface area is 104 Å². The summed E-state index contributed by atoms with van der Waals surface area (Å²) in [5, 5.41) is 0. The summed E-state index contributed by atoms with van der Waals surface area (Å²) in [6.45, 7) is 1.93. The van der Waals surface area contributed by atoms with Gasteiger partial charge in [-0.1, -0.05) is 28.1 Å². The fraction of sp³-hybridized carbons (Fsp3) is 0.231. The van der Waals surface area contributed by atoms with Gasteiger partial charge >= 0.3 is 0 Å². The number of nitrogens with two attached hydrogens (primary N) is 1. The van der Waals surface area contributed by atoms with Crippen LogP contribution in [0.5, 0.6) is 0 Å². The Morgan fingerprint density at radius 2 is 2.00 bits per heavy atom. The van der Waals surface area contributed by atoms with Crippen LogP contribution in [-0.4, -0.2) is 0 Å². The number of hydrogen-bond acceptors (Lipinski definition) is 2. The molecule has 0 radical (unpaired) electrons. The number of halogens is 1. The van der Waals surface area contributed by atoms with E-state index in [0.717, 1.165) is 22.2 Å². The molecule has 3 heteroatoms. The van der Waals surface area contributed by atoms with Crippen LogP contribution in [0.25, 0.3) is 0 Å². The van der Waals surface area contributed by atoms with Gasteiger partial charge in [-0.05, 0) is 37.1 Å². The molecule has 0 aliphatic heterocycles. The zero-order valence-corrected chi connectivity index (χ0v) is 10.7. The molecular formula is C13H14BrNO. The van der Waals surface area contributed by atoms with Gasteiger partial charge in [0.25, 0.3) is 0 Å². The molecule has 1 atom stereocenters. The number of furan rings is 1. The summed E-state index contributed by atoms with van der Waals surface area (Å²) in [4.78, 5) is 0. The minimum absolute atomic E-state index is 0.00127. The Morgan fingerprint density at radius 1 is 1.31 bits per heavy atom. The zero-order valence-electron chi connectivity index (χ0n) is 9.11. The van der Waals surface area contributed by atoms with Gasteiger partial charge in [0.15, 0.2) is 0 Å². The van der Waals surface area contributed by atoms with Gasteiger partial charge in [-0.25, -0.2) is 0 Å². The first-order chi connectivity index (χ1) is 7.65. The number of rotatable bonds is 3. The Kier molecular flexibility index (Phi) is 3.46. The van der Waals surface area contributed by atoms with Crippen molar-refractivity contribution < 1.29 is 4.42 Å². The van der Waals surface area contributed by atoms with E-state index < -0.39 is 0 Å². The molecule has 1 aromatic carbocycles. The highest BCUT2D eigenvalue weighted by atomic mass is 79.9. The van der Waals surface area contributed by atoms with Crippen molar-refractivity contribution in [3.05, 3.63) is 58.0 Å². The number of aryl methyl sites for hydroxylation is 1. The molecule has 0 aliphatic rings. The number of benzene rings is 1. The molecule has 0 amide bonds. The third kappa shape index (κ3) is 2.74. The van der Waals surface area contributed by atoms with E-state index in [4.69, 9.17) is 10.2 Å². The van der Waals surface area contributed by atoms with Crippen molar-refractivity contribution in [3.63, 3.8) is 0 Å². The van der Waals surface area contributed by atoms with E-state index in [1.165, 1.54) is 5.56 Å². The molecule has 2 N–H and O–H groups in total. The molecule has 16 heavy (non-hydrogen) atoms. The van der Waals surface area contributed by atoms with Gasteiger partial charge < -0.3 is 10.2 Å². The largest absolute Gasteiger partial charge is 0.469 e. The van der Waals surface area contributed by atoms with Crippen LogP contribution >= 0.6 is 15.9 Å². The first-order valence-electron chi connectivity index (χ1n) is 5.20. The first-order valence-corrected chi connectivity index (χ1v) is 5.99. The van der Waals surface area contributed by atoms with Crippen molar-refractivity contribution in [2.24, 2.45) is 5.73 Å². The van der Waals surface area contributed by atoms with Crippen LogP contribution in [0.1, 0.15) is 22.9 Å². The highest BCUT2D eigenvalue weighted by Gasteiger charge is 2.09. The van der Waals surface area contributed by atoms with E-state index >= 15 is 0 Å². The van der Waals surface area contributed by atoms with E-state index in [9.17, 15) is 0 Å². The van der Waals surface area contributed by atoms with E-state index in [1.54, 1.807) is 6.26 Å². The number of hydrogen-bond donors (Lipinski definition) is 1. The first kappa shape index (κ1) is 11.4. The van der Waals surface area contributed by atoms with Crippen molar-refractivity contribution in [1.29, 1.82) is 0 Å². The molecule has 0 fully saturated rings. The van der Waals surface area contributed by atoms with Crippen LogP contribution in [0, 0.1) is 6.92 Å². The Balaban J connectivity index is 2.07. The molecule has 84 valence electrons. The van der Waals surface area contributed by atoms with Crippen LogP contribution in [0.3, 0.4) is 0 Å². The normalized spacial score (nSPS) is 12.7. The second-order valence-electron chi connectivity index (χ2n) is 3.93. The lowest BCUT2D eigenvalue weighted by Gasteiger charge is -2.09. The lowest BCUT2D eigenvalue weighted by Crippen LogP contribution is -2.12. The standard InChI is InChI=1S/C13H14BrNO/c1-9-6-11(8-16-9)13(15)7-10-2-4-12(14)5-3-10/h2-6,8,13H,7,15H2,1H3. The lowest BCUT2D eigenvalue weighted by molar-refractivity contribution is 0.528. The van der Waals surface area contributed by atoms with Crippen LogP contribution in [0.15, 0.2) is 45.5 Å². The minimum atomic E-state index is -0.00127. The SMILES string of the molecule is Cc1cc(C(N)Cc2ccc(Br)cc2)co1. The lowest BCUT2D eigenvalue weighted by atomic mass is 10.0. The summed E-state index contributed by atoms with van der Waals surface area (Å²) < 4.78 is 6.34. The maximum atomic E-state index is 6.11. The van der Waals surface area contributed by atoms with E-state index in [0.29, 0.717) is 0 Å². The Morgan fingerprint density at radius 3 is 2.56 bits per heavy atom. The van der Waals surface area contributed by atoms with Crippen molar-refractivity contribution in [1.82, 2.24) is 0 Å². The third-order valence-electron chi connectivity index (χ3n) is 2.55. The maximum Gasteiger partial charge on any atom is 0.101 e. The van der Waals surface area contributed by atoms with Gasteiger partial charge in [0, 0.05) is 16.1 Å². The highest BCUT2D eigenvalue weighted by Crippen LogP contribution is 2.19. The van der Waals surface area contributed by atoms with Crippen molar-refractivity contribution in [2.75, 3.05) is 0 Å². The van der Waals surface area contributed by atoms with Gasteiger partial charge in [0.1, 0.15) is 5.76 Å². The average molecular weight is 280 g/mol. The smallest absolute Gasteiger partial charge is 0.101 e. The maximum absolute atomic E-state index is 6.11. The molecule has 0 spiro atoms. The molecule has 0 saturated heterocycles. The molecule has 0 aliphatic carbocycles.